The number of aliphatic hydroxyl groups excluding tert-OH is 1. The minimum atomic E-state index is -0.708. The topological polar surface area (TPSA) is 57.6 Å². The molecule has 1 fully saturated rings. The van der Waals surface area contributed by atoms with Crippen LogP contribution in [0, 0.1) is 11.7 Å². The lowest BCUT2D eigenvalue weighted by Gasteiger charge is -2.20. The fourth-order valence-electron chi connectivity index (χ4n) is 3.34. The molecule has 1 aromatic rings. The van der Waals surface area contributed by atoms with Crippen molar-refractivity contribution in [1.82, 2.24) is 4.90 Å². The fraction of sp³-hybridized carbons (Fsp3) is 0.500. The first-order chi connectivity index (χ1) is 10.1. The van der Waals surface area contributed by atoms with Gasteiger partial charge in [-0.05, 0) is 30.5 Å². The first-order valence-electron chi connectivity index (χ1n) is 7.40. The highest BCUT2D eigenvalue weighted by Crippen LogP contribution is 2.30. The van der Waals surface area contributed by atoms with E-state index in [1.165, 1.54) is 25.0 Å². The van der Waals surface area contributed by atoms with Gasteiger partial charge in [-0.25, -0.2) is 4.39 Å². The first-order valence-corrected chi connectivity index (χ1v) is 7.40. The number of nitrogens with zero attached hydrogens (tertiary/aromatic N) is 1. The molecule has 1 N–H and O–H groups in total. The number of rotatable bonds is 4. The summed E-state index contributed by atoms with van der Waals surface area (Å²) < 4.78 is 13.2. The molecule has 0 aromatic heterocycles. The van der Waals surface area contributed by atoms with E-state index >= 15 is 0 Å². The Morgan fingerprint density at radius 3 is 2.57 bits per heavy atom. The van der Waals surface area contributed by atoms with Gasteiger partial charge in [-0.2, -0.15) is 0 Å². The minimum Gasteiger partial charge on any atom is -0.391 e. The van der Waals surface area contributed by atoms with E-state index in [0.717, 1.165) is 23.8 Å². The lowest BCUT2D eigenvalue weighted by atomic mass is 10.00. The van der Waals surface area contributed by atoms with Crippen LogP contribution in [-0.2, 0) is 0 Å². The molecule has 1 aliphatic carbocycles. The van der Waals surface area contributed by atoms with Crippen molar-refractivity contribution in [3.8, 4) is 0 Å². The number of amides is 2. The van der Waals surface area contributed by atoms with Gasteiger partial charge in [0.15, 0.2) is 0 Å². The van der Waals surface area contributed by atoms with Crippen molar-refractivity contribution in [3.05, 3.63) is 35.1 Å². The van der Waals surface area contributed by atoms with Crippen molar-refractivity contribution in [3.63, 3.8) is 0 Å². The van der Waals surface area contributed by atoms with Gasteiger partial charge in [0.1, 0.15) is 5.82 Å². The largest absolute Gasteiger partial charge is 0.391 e. The number of benzene rings is 1. The second-order valence-corrected chi connectivity index (χ2v) is 5.95. The summed E-state index contributed by atoms with van der Waals surface area (Å²) in [5, 5.41) is 10.1. The van der Waals surface area contributed by atoms with Gasteiger partial charge >= 0.3 is 0 Å². The zero-order valence-electron chi connectivity index (χ0n) is 11.7. The highest BCUT2D eigenvalue weighted by molar-refractivity contribution is 6.21. The smallest absolute Gasteiger partial charge is 0.261 e. The van der Waals surface area contributed by atoms with E-state index in [9.17, 15) is 19.1 Å². The van der Waals surface area contributed by atoms with Crippen LogP contribution in [0.5, 0.6) is 0 Å². The third kappa shape index (κ3) is 2.70. The number of β-amino-alcohol motifs (C(OH)–C–C–N with tert-alkyl or cyclic N) is 1. The number of carbonyl (C=O) groups is 2. The molecule has 1 saturated carbocycles. The average molecular weight is 291 g/mol. The molecule has 0 saturated heterocycles. The van der Waals surface area contributed by atoms with Gasteiger partial charge in [-0.3, -0.25) is 14.5 Å². The first kappa shape index (κ1) is 14.2. The Hall–Kier alpha value is -1.75. The van der Waals surface area contributed by atoms with Gasteiger partial charge in [0.05, 0.1) is 23.8 Å². The molecular formula is C16H18FNO3. The molecule has 3 rings (SSSR count). The van der Waals surface area contributed by atoms with Gasteiger partial charge < -0.3 is 5.11 Å². The molecule has 1 heterocycles. The van der Waals surface area contributed by atoms with Gasteiger partial charge in [0.25, 0.3) is 11.8 Å². The maximum Gasteiger partial charge on any atom is 0.261 e. The second kappa shape index (κ2) is 5.56. The zero-order valence-corrected chi connectivity index (χ0v) is 11.7. The van der Waals surface area contributed by atoms with Crippen LogP contribution in [0.1, 0.15) is 52.8 Å². The molecule has 0 radical (unpaired) electrons. The third-order valence-corrected chi connectivity index (χ3v) is 4.41. The molecule has 0 spiro atoms. The summed E-state index contributed by atoms with van der Waals surface area (Å²) in [6, 6.07) is 3.58. The number of hydrogen-bond donors (Lipinski definition) is 1. The van der Waals surface area contributed by atoms with Crippen LogP contribution in [0.4, 0.5) is 4.39 Å². The highest BCUT2D eigenvalue weighted by Gasteiger charge is 2.37. The summed E-state index contributed by atoms with van der Waals surface area (Å²) in [7, 11) is 0. The number of hydrogen-bond acceptors (Lipinski definition) is 3. The molecule has 0 bridgehead atoms. The molecule has 1 aliphatic heterocycles. The Bertz CT molecular complexity index is 581. The Kier molecular flexibility index (Phi) is 3.76. The predicted molar refractivity (Wildman–Crippen MR) is 74.3 cm³/mol. The van der Waals surface area contributed by atoms with Crippen molar-refractivity contribution in [2.75, 3.05) is 6.54 Å². The zero-order chi connectivity index (χ0) is 15.0. The van der Waals surface area contributed by atoms with Gasteiger partial charge in [-0.15, -0.1) is 0 Å². The molecule has 1 aromatic carbocycles. The minimum absolute atomic E-state index is 0.00946. The normalized spacial score (nSPS) is 20.2. The van der Waals surface area contributed by atoms with Crippen LogP contribution < -0.4 is 0 Å². The molecule has 1 unspecified atom stereocenters. The van der Waals surface area contributed by atoms with E-state index in [1.54, 1.807) is 0 Å². The Morgan fingerprint density at radius 1 is 1.19 bits per heavy atom. The van der Waals surface area contributed by atoms with Gasteiger partial charge in [-0.1, -0.05) is 25.7 Å². The third-order valence-electron chi connectivity index (χ3n) is 4.41. The van der Waals surface area contributed by atoms with Crippen LogP contribution in [0.2, 0.25) is 0 Å². The molecule has 1 atom stereocenters. The summed E-state index contributed by atoms with van der Waals surface area (Å²) in [4.78, 5) is 25.4. The summed E-state index contributed by atoms with van der Waals surface area (Å²) in [5.74, 6) is -1.02. The van der Waals surface area contributed by atoms with Crippen LogP contribution in [0.25, 0.3) is 0 Å². The second-order valence-electron chi connectivity index (χ2n) is 5.95. The predicted octanol–water partition coefficient (Wildman–Crippen LogP) is 2.36. The number of aliphatic hydroxyl groups is 1. The van der Waals surface area contributed by atoms with Crippen molar-refractivity contribution < 1.29 is 19.1 Å². The molecule has 21 heavy (non-hydrogen) atoms. The lowest BCUT2D eigenvalue weighted by molar-refractivity contribution is 0.0509. The Balaban J connectivity index is 1.69. The van der Waals surface area contributed by atoms with Gasteiger partial charge in [0.2, 0.25) is 0 Å². The maximum absolute atomic E-state index is 13.2. The van der Waals surface area contributed by atoms with Crippen molar-refractivity contribution in [2.24, 2.45) is 5.92 Å². The van der Waals surface area contributed by atoms with Gasteiger partial charge in [0, 0.05) is 0 Å². The molecule has 5 heteroatoms. The van der Waals surface area contributed by atoms with E-state index in [0.29, 0.717) is 12.3 Å². The Morgan fingerprint density at radius 2 is 1.86 bits per heavy atom. The number of fused-ring (bicyclic) bond motifs is 1. The molecule has 112 valence electrons. The van der Waals surface area contributed by atoms with Crippen LogP contribution in [0.3, 0.4) is 0 Å². The SMILES string of the molecule is O=C1c2ccc(F)cc2C(=O)N1CC(O)CC1CCCC1. The average Bonchev–Trinajstić information content (AvgIpc) is 3.02. The molecular weight excluding hydrogens is 273 g/mol. The van der Waals surface area contributed by atoms with Crippen LogP contribution in [0.15, 0.2) is 18.2 Å². The van der Waals surface area contributed by atoms with Crippen molar-refractivity contribution in [1.29, 1.82) is 0 Å². The standard InChI is InChI=1S/C16H18FNO3/c17-11-5-6-13-14(8-11)16(21)18(15(13)20)9-12(19)7-10-3-1-2-4-10/h5-6,8,10,12,19H,1-4,7,9H2. The summed E-state index contributed by atoms with van der Waals surface area (Å²) >= 11 is 0. The van der Waals surface area contributed by atoms with Crippen molar-refractivity contribution >= 4 is 11.8 Å². The van der Waals surface area contributed by atoms with Crippen LogP contribution in [-0.4, -0.2) is 34.5 Å². The van der Waals surface area contributed by atoms with E-state index in [2.05, 4.69) is 0 Å². The summed E-state index contributed by atoms with van der Waals surface area (Å²) in [6.45, 7) is -0.00946. The number of halogens is 1. The number of carbonyl (C=O) groups excluding carboxylic acids is 2. The van der Waals surface area contributed by atoms with Crippen molar-refractivity contribution in [2.45, 2.75) is 38.2 Å². The quantitative estimate of drug-likeness (QED) is 0.866. The van der Waals surface area contributed by atoms with E-state index in [-0.39, 0.29) is 17.7 Å². The van der Waals surface area contributed by atoms with E-state index < -0.39 is 23.7 Å². The van der Waals surface area contributed by atoms with Crippen LogP contribution >= 0.6 is 0 Å². The summed E-state index contributed by atoms with van der Waals surface area (Å²) in [6.07, 6.45) is 4.48. The molecule has 2 amide bonds. The summed E-state index contributed by atoms with van der Waals surface area (Å²) in [5.41, 5.74) is 0.308. The highest BCUT2D eigenvalue weighted by atomic mass is 19.1. The fourth-order valence-corrected chi connectivity index (χ4v) is 3.34. The van der Waals surface area contributed by atoms with E-state index in [1.807, 2.05) is 0 Å². The monoisotopic (exact) mass is 291 g/mol. The lowest BCUT2D eigenvalue weighted by Crippen LogP contribution is -2.37. The molecule has 2 aliphatic rings. The maximum atomic E-state index is 13.2. The van der Waals surface area contributed by atoms with E-state index in [4.69, 9.17) is 0 Å². The Labute approximate surface area is 122 Å². The number of imide groups is 1. The molecule has 4 nitrogen and oxygen atoms in total.